The molecule has 0 saturated heterocycles. The normalized spacial score (nSPS) is 14.0. The Morgan fingerprint density at radius 3 is 2.43 bits per heavy atom. The van der Waals surface area contributed by atoms with E-state index in [0.717, 1.165) is 30.8 Å². The second kappa shape index (κ2) is 8.90. The van der Waals surface area contributed by atoms with Gasteiger partial charge in [-0.15, -0.1) is 0 Å². The van der Waals surface area contributed by atoms with Crippen molar-refractivity contribution in [1.82, 2.24) is 5.32 Å². The van der Waals surface area contributed by atoms with Gasteiger partial charge in [-0.05, 0) is 31.4 Å². The number of para-hydroxylation sites is 2. The van der Waals surface area contributed by atoms with Crippen LogP contribution in [0.5, 0.6) is 11.5 Å². The van der Waals surface area contributed by atoms with Crippen molar-refractivity contribution in [2.45, 2.75) is 51.6 Å². The topological polar surface area (TPSA) is 50.7 Å². The highest BCUT2D eigenvalue weighted by molar-refractivity contribution is 5.39. The maximum absolute atomic E-state index is 9.70. The van der Waals surface area contributed by atoms with E-state index in [2.05, 4.69) is 26.1 Å². The minimum atomic E-state index is -0.210. The Morgan fingerprint density at radius 2 is 1.90 bits per heavy atom. The fourth-order valence-electron chi connectivity index (χ4n) is 2.53. The third-order valence-corrected chi connectivity index (χ3v) is 3.70. The number of hydrogen-bond acceptors (Lipinski definition) is 4. The van der Waals surface area contributed by atoms with Crippen molar-refractivity contribution in [3.05, 3.63) is 24.3 Å². The first kappa shape index (κ1) is 17.8. The predicted molar refractivity (Wildman–Crippen MR) is 86.1 cm³/mol. The first-order valence-corrected chi connectivity index (χ1v) is 7.71. The number of methoxy groups -OCH3 is 1. The van der Waals surface area contributed by atoms with Crippen LogP contribution in [-0.2, 0) is 0 Å². The van der Waals surface area contributed by atoms with Gasteiger partial charge in [0.15, 0.2) is 11.5 Å². The van der Waals surface area contributed by atoms with Gasteiger partial charge in [-0.1, -0.05) is 32.9 Å². The van der Waals surface area contributed by atoms with Crippen molar-refractivity contribution in [1.29, 1.82) is 0 Å². The number of aliphatic hydroxyl groups excluding tert-OH is 1. The van der Waals surface area contributed by atoms with Crippen molar-refractivity contribution in [2.24, 2.45) is 0 Å². The van der Waals surface area contributed by atoms with Crippen molar-refractivity contribution < 1.29 is 14.6 Å². The summed E-state index contributed by atoms with van der Waals surface area (Å²) in [5, 5.41) is 13.2. The highest BCUT2D eigenvalue weighted by atomic mass is 16.5. The summed E-state index contributed by atoms with van der Waals surface area (Å²) in [4.78, 5) is 0. The maximum Gasteiger partial charge on any atom is 0.161 e. The van der Waals surface area contributed by atoms with E-state index in [0.29, 0.717) is 12.6 Å². The SMILES string of the molecule is CCC(CO)(CCCOc1ccccc1OC)NC(C)C. The van der Waals surface area contributed by atoms with E-state index in [1.807, 2.05) is 24.3 Å². The third kappa shape index (κ3) is 5.56. The Balaban J connectivity index is 2.47. The first-order chi connectivity index (χ1) is 10.1. The summed E-state index contributed by atoms with van der Waals surface area (Å²) in [6.07, 6.45) is 2.66. The van der Waals surface area contributed by atoms with Crippen molar-refractivity contribution in [2.75, 3.05) is 20.3 Å². The second-order valence-electron chi connectivity index (χ2n) is 5.69. The van der Waals surface area contributed by atoms with Crippen LogP contribution >= 0.6 is 0 Å². The van der Waals surface area contributed by atoms with Gasteiger partial charge >= 0.3 is 0 Å². The molecule has 4 nitrogen and oxygen atoms in total. The van der Waals surface area contributed by atoms with Gasteiger partial charge in [0.2, 0.25) is 0 Å². The number of hydrogen-bond donors (Lipinski definition) is 2. The quantitative estimate of drug-likeness (QED) is 0.652. The molecular formula is C17H29NO3. The highest BCUT2D eigenvalue weighted by Gasteiger charge is 2.27. The van der Waals surface area contributed by atoms with Gasteiger partial charge in [-0.25, -0.2) is 0 Å². The van der Waals surface area contributed by atoms with Gasteiger partial charge < -0.3 is 19.9 Å². The molecule has 1 rings (SSSR count). The molecule has 0 saturated carbocycles. The third-order valence-electron chi connectivity index (χ3n) is 3.70. The zero-order valence-corrected chi connectivity index (χ0v) is 13.7. The summed E-state index contributed by atoms with van der Waals surface area (Å²) < 4.78 is 11.0. The lowest BCUT2D eigenvalue weighted by Crippen LogP contribution is -2.51. The molecule has 120 valence electrons. The summed E-state index contributed by atoms with van der Waals surface area (Å²) in [6.45, 7) is 7.07. The molecule has 0 amide bonds. The number of ether oxygens (including phenoxy) is 2. The van der Waals surface area contributed by atoms with E-state index in [1.54, 1.807) is 7.11 Å². The smallest absolute Gasteiger partial charge is 0.161 e. The minimum absolute atomic E-state index is 0.149. The van der Waals surface area contributed by atoms with E-state index in [9.17, 15) is 5.11 Å². The van der Waals surface area contributed by atoms with Crippen LogP contribution < -0.4 is 14.8 Å². The summed E-state index contributed by atoms with van der Waals surface area (Å²) >= 11 is 0. The van der Waals surface area contributed by atoms with E-state index in [-0.39, 0.29) is 12.1 Å². The van der Waals surface area contributed by atoms with Crippen LogP contribution in [0.25, 0.3) is 0 Å². The molecule has 0 spiro atoms. The summed E-state index contributed by atoms with van der Waals surface area (Å²) in [6, 6.07) is 8.01. The zero-order chi connectivity index (χ0) is 15.7. The standard InChI is InChI=1S/C17H29NO3/c1-5-17(13-19,18-14(2)3)11-8-12-21-16-10-7-6-9-15(16)20-4/h6-7,9-10,14,18-19H,5,8,11-13H2,1-4H3. The Labute approximate surface area is 128 Å². The van der Waals surface area contributed by atoms with E-state index >= 15 is 0 Å². The van der Waals surface area contributed by atoms with Crippen LogP contribution in [0.3, 0.4) is 0 Å². The average Bonchev–Trinajstić information content (AvgIpc) is 2.50. The maximum atomic E-state index is 9.70. The molecule has 0 heterocycles. The number of benzene rings is 1. The molecule has 0 bridgehead atoms. The molecule has 2 N–H and O–H groups in total. The largest absolute Gasteiger partial charge is 0.493 e. The minimum Gasteiger partial charge on any atom is -0.493 e. The van der Waals surface area contributed by atoms with Gasteiger partial charge in [0.1, 0.15) is 0 Å². The van der Waals surface area contributed by atoms with Crippen molar-refractivity contribution in [3.8, 4) is 11.5 Å². The molecule has 1 aromatic rings. The molecular weight excluding hydrogens is 266 g/mol. The van der Waals surface area contributed by atoms with Crippen LogP contribution in [0, 0.1) is 0 Å². The Morgan fingerprint density at radius 1 is 1.24 bits per heavy atom. The number of aliphatic hydroxyl groups is 1. The van der Waals surface area contributed by atoms with Crippen LogP contribution in [0.2, 0.25) is 0 Å². The molecule has 0 aliphatic rings. The van der Waals surface area contributed by atoms with Crippen molar-refractivity contribution in [3.63, 3.8) is 0 Å². The monoisotopic (exact) mass is 295 g/mol. The van der Waals surface area contributed by atoms with Crippen LogP contribution in [0.4, 0.5) is 0 Å². The Hall–Kier alpha value is -1.26. The molecule has 0 aromatic heterocycles. The fourth-order valence-corrected chi connectivity index (χ4v) is 2.53. The number of nitrogens with one attached hydrogen (secondary N) is 1. The van der Waals surface area contributed by atoms with Gasteiger partial charge in [-0.2, -0.15) is 0 Å². The Kier molecular flexibility index (Phi) is 7.54. The fraction of sp³-hybridized carbons (Fsp3) is 0.647. The molecule has 1 unspecified atom stereocenters. The molecule has 0 radical (unpaired) electrons. The van der Waals surface area contributed by atoms with E-state index < -0.39 is 0 Å². The van der Waals surface area contributed by atoms with Crippen LogP contribution in [-0.4, -0.2) is 37.0 Å². The summed E-state index contributed by atoms with van der Waals surface area (Å²) in [5.41, 5.74) is -0.210. The highest BCUT2D eigenvalue weighted by Crippen LogP contribution is 2.26. The lowest BCUT2D eigenvalue weighted by Gasteiger charge is -2.34. The molecule has 1 aromatic carbocycles. The summed E-state index contributed by atoms with van der Waals surface area (Å²) in [5.74, 6) is 1.52. The van der Waals surface area contributed by atoms with Crippen LogP contribution in [0.1, 0.15) is 40.0 Å². The molecule has 4 heteroatoms. The van der Waals surface area contributed by atoms with Crippen LogP contribution in [0.15, 0.2) is 24.3 Å². The van der Waals surface area contributed by atoms with E-state index in [1.165, 1.54) is 0 Å². The lowest BCUT2D eigenvalue weighted by atomic mass is 9.90. The van der Waals surface area contributed by atoms with E-state index in [4.69, 9.17) is 9.47 Å². The van der Waals surface area contributed by atoms with Gasteiger partial charge in [0, 0.05) is 11.6 Å². The molecule has 0 aliphatic heterocycles. The molecule has 1 atom stereocenters. The number of rotatable bonds is 10. The molecule has 0 fully saturated rings. The lowest BCUT2D eigenvalue weighted by molar-refractivity contribution is 0.129. The zero-order valence-electron chi connectivity index (χ0n) is 13.7. The first-order valence-electron chi connectivity index (χ1n) is 7.71. The molecule has 0 aliphatic carbocycles. The molecule has 21 heavy (non-hydrogen) atoms. The second-order valence-corrected chi connectivity index (χ2v) is 5.69. The summed E-state index contributed by atoms with van der Waals surface area (Å²) in [7, 11) is 1.64. The van der Waals surface area contributed by atoms with Gasteiger partial charge in [0.05, 0.1) is 20.3 Å². The van der Waals surface area contributed by atoms with Crippen molar-refractivity contribution >= 4 is 0 Å². The van der Waals surface area contributed by atoms with Gasteiger partial charge in [0.25, 0.3) is 0 Å². The average molecular weight is 295 g/mol. The van der Waals surface area contributed by atoms with Gasteiger partial charge in [-0.3, -0.25) is 0 Å². The Bertz CT molecular complexity index is 403. The predicted octanol–water partition coefficient (Wildman–Crippen LogP) is 2.99.